The van der Waals surface area contributed by atoms with Gasteiger partial charge in [0.25, 0.3) is 0 Å². The van der Waals surface area contributed by atoms with E-state index < -0.39 is 7.26 Å². The Hall–Kier alpha value is 0.390. The van der Waals surface area contributed by atoms with Crippen LogP contribution >= 0.6 is 7.26 Å². The van der Waals surface area contributed by atoms with Crippen LogP contribution in [0.15, 0.2) is 0 Å². The molecule has 0 aliphatic rings. The first kappa shape index (κ1) is 20.4. The molecule has 0 fully saturated rings. The molecule has 0 radical (unpaired) electrons. The van der Waals surface area contributed by atoms with E-state index in [0.29, 0.717) is 0 Å². The summed E-state index contributed by atoms with van der Waals surface area (Å²) in [7, 11) is 0.825. The van der Waals surface area contributed by atoms with Crippen molar-refractivity contribution in [3.8, 4) is 0 Å². The van der Waals surface area contributed by atoms with Crippen LogP contribution in [0.3, 0.4) is 0 Å². The zero-order chi connectivity index (χ0) is 15.1. The predicted octanol–water partition coefficient (Wildman–Crippen LogP) is 5.95. The molecule has 0 aliphatic carbocycles. The molecule has 0 rings (SSSR count). The molecule has 124 valence electrons. The van der Waals surface area contributed by atoms with Crippen LogP contribution in [0.2, 0.25) is 0 Å². The van der Waals surface area contributed by atoms with Crippen molar-refractivity contribution >= 4 is 7.26 Å². The number of hydrogen-bond donors (Lipinski definition) is 0. The Labute approximate surface area is 129 Å². The summed E-state index contributed by atoms with van der Waals surface area (Å²) >= 11 is 0. The molecule has 20 heavy (non-hydrogen) atoms. The fourth-order valence-corrected chi connectivity index (χ4v) is 8.46. The molecule has 0 unspecified atom stereocenters. The quantitative estimate of drug-likeness (QED) is 0.268. The summed E-state index contributed by atoms with van der Waals surface area (Å²) in [4.78, 5) is 0. The van der Waals surface area contributed by atoms with Crippen LogP contribution in [-0.4, -0.2) is 38.4 Å². The van der Waals surface area contributed by atoms with Crippen LogP contribution in [0.4, 0.5) is 0 Å². The number of unbranched alkanes of at least 4 members (excludes halogenated alkanes) is 6. The molecule has 0 aliphatic heterocycles. The van der Waals surface area contributed by atoms with Gasteiger partial charge >= 0.3 is 129 Å². The van der Waals surface area contributed by atoms with E-state index in [1.54, 1.807) is 18.5 Å². The molecule has 0 amide bonds. The van der Waals surface area contributed by atoms with Gasteiger partial charge < -0.3 is 0 Å². The van der Waals surface area contributed by atoms with Gasteiger partial charge in [0.2, 0.25) is 0 Å². The summed E-state index contributed by atoms with van der Waals surface area (Å²) in [6.07, 6.45) is 18.9. The van der Waals surface area contributed by atoms with Gasteiger partial charge in [-0.05, 0) is 0 Å². The van der Waals surface area contributed by atoms with Crippen molar-refractivity contribution in [3.05, 3.63) is 0 Å². The molecule has 0 heterocycles. The summed E-state index contributed by atoms with van der Waals surface area (Å²) in [5, 5.41) is 0. The molecule has 1 nitrogen and oxygen atoms in total. The van der Waals surface area contributed by atoms with E-state index in [2.05, 4.69) is 20.8 Å². The fraction of sp³-hybridized carbons (Fsp3) is 1.00. The van der Waals surface area contributed by atoms with Crippen molar-refractivity contribution in [2.75, 3.05) is 38.4 Å². The van der Waals surface area contributed by atoms with Crippen molar-refractivity contribution in [2.45, 2.75) is 78.6 Å². The van der Waals surface area contributed by atoms with Gasteiger partial charge in [0, 0.05) is 0 Å². The summed E-state index contributed by atoms with van der Waals surface area (Å²) in [6.45, 7) is 7.99. The monoisotopic (exact) mass is 304 g/mol. The number of ether oxygens (including phenoxy) is 1. The predicted molar refractivity (Wildman–Crippen MR) is 98.2 cm³/mol. The summed E-state index contributed by atoms with van der Waals surface area (Å²) in [5.74, 6) is 0. The Morgan fingerprint density at radius 1 is 0.600 bits per heavy atom. The Kier molecular flexibility index (Phi) is 14.6. The van der Waals surface area contributed by atoms with E-state index >= 15 is 0 Å². The zero-order valence-corrected chi connectivity index (χ0v) is 15.8. The van der Waals surface area contributed by atoms with Gasteiger partial charge in [-0.25, -0.2) is 0 Å². The third-order valence-corrected chi connectivity index (χ3v) is 10.3. The molecule has 0 saturated heterocycles. The molecule has 2 heteroatoms. The van der Waals surface area contributed by atoms with Gasteiger partial charge in [0.15, 0.2) is 0 Å². The van der Waals surface area contributed by atoms with E-state index in [-0.39, 0.29) is 0 Å². The molecule has 0 atom stereocenters. The Balaban J connectivity index is 4.48. The standard InChI is InChI=1S/C18H41OP/c1-5-8-11-15-20(18-14-19-4,16-12-9-6-2)17-13-10-7-3/h20H,5-18H2,1-4H3. The van der Waals surface area contributed by atoms with Gasteiger partial charge in [0.1, 0.15) is 0 Å². The molecule has 0 N–H and O–H groups in total. The normalized spacial score (nSPS) is 12.8. The Morgan fingerprint density at radius 2 is 1.00 bits per heavy atom. The van der Waals surface area contributed by atoms with Crippen LogP contribution in [0.1, 0.15) is 78.6 Å². The first-order valence-corrected chi connectivity index (χ1v) is 12.1. The number of rotatable bonds is 15. The molecular formula is C18H41OP. The first-order valence-electron chi connectivity index (χ1n) is 9.23. The third kappa shape index (κ3) is 10.2. The fourth-order valence-electron chi connectivity index (χ4n) is 3.32. The molecule has 0 aromatic carbocycles. The first-order chi connectivity index (χ1) is 9.74. The Bertz CT molecular complexity index is 167. The van der Waals surface area contributed by atoms with E-state index in [1.165, 1.54) is 63.9 Å². The second-order valence-electron chi connectivity index (χ2n) is 6.61. The molecule has 0 spiro atoms. The van der Waals surface area contributed by atoms with Crippen LogP contribution in [0, 0.1) is 0 Å². The van der Waals surface area contributed by atoms with Crippen molar-refractivity contribution in [1.82, 2.24) is 0 Å². The Morgan fingerprint density at radius 3 is 1.30 bits per heavy atom. The van der Waals surface area contributed by atoms with Crippen LogP contribution < -0.4 is 0 Å². The van der Waals surface area contributed by atoms with E-state index in [4.69, 9.17) is 4.74 Å². The van der Waals surface area contributed by atoms with Gasteiger partial charge in [0.05, 0.1) is 0 Å². The third-order valence-electron chi connectivity index (χ3n) is 4.77. The molecule has 0 bridgehead atoms. The molecule has 0 aromatic heterocycles. The van der Waals surface area contributed by atoms with Crippen molar-refractivity contribution < 1.29 is 4.74 Å². The van der Waals surface area contributed by atoms with Gasteiger partial charge in [-0.1, -0.05) is 0 Å². The number of methoxy groups -OCH3 is 1. The topological polar surface area (TPSA) is 9.23 Å². The average Bonchev–Trinajstić information content (AvgIpc) is 2.46. The maximum atomic E-state index is 5.45. The van der Waals surface area contributed by atoms with Crippen LogP contribution in [0.25, 0.3) is 0 Å². The summed E-state index contributed by atoms with van der Waals surface area (Å²) < 4.78 is 5.45. The second kappa shape index (κ2) is 14.3. The van der Waals surface area contributed by atoms with E-state index in [1.807, 2.05) is 7.11 Å². The maximum absolute atomic E-state index is 5.45. The van der Waals surface area contributed by atoms with Gasteiger partial charge in [-0.3, -0.25) is 0 Å². The summed E-state index contributed by atoms with van der Waals surface area (Å²) in [5.41, 5.74) is 0. The second-order valence-corrected chi connectivity index (χ2v) is 11.6. The minimum absolute atomic E-state index is 1.01. The summed E-state index contributed by atoms with van der Waals surface area (Å²) in [6, 6.07) is 0. The van der Waals surface area contributed by atoms with Crippen molar-refractivity contribution in [1.29, 1.82) is 0 Å². The van der Waals surface area contributed by atoms with Crippen molar-refractivity contribution in [3.63, 3.8) is 0 Å². The molecule has 0 saturated carbocycles. The van der Waals surface area contributed by atoms with E-state index in [0.717, 1.165) is 6.61 Å². The van der Waals surface area contributed by atoms with Gasteiger partial charge in [-0.2, -0.15) is 0 Å². The van der Waals surface area contributed by atoms with Crippen molar-refractivity contribution in [2.24, 2.45) is 0 Å². The minimum atomic E-state index is -1.05. The zero-order valence-electron chi connectivity index (χ0n) is 14.8. The average molecular weight is 304 g/mol. The van der Waals surface area contributed by atoms with Gasteiger partial charge in [-0.15, -0.1) is 0 Å². The SMILES string of the molecule is CCCCC[PH](CCCCC)(CCCCC)CCOC. The van der Waals surface area contributed by atoms with Crippen LogP contribution in [-0.2, 0) is 4.74 Å². The molecular weight excluding hydrogens is 263 g/mol. The van der Waals surface area contributed by atoms with E-state index in [9.17, 15) is 0 Å². The number of hydrogen-bond acceptors (Lipinski definition) is 1. The van der Waals surface area contributed by atoms with Crippen LogP contribution in [0.5, 0.6) is 0 Å². The molecule has 0 aromatic rings.